The van der Waals surface area contributed by atoms with Gasteiger partial charge in [-0.2, -0.15) is 13.2 Å². The van der Waals surface area contributed by atoms with Crippen molar-refractivity contribution >= 4 is 30.6 Å². The number of hydrogen-bond acceptors (Lipinski definition) is 5. The van der Waals surface area contributed by atoms with E-state index >= 15 is 0 Å². The third kappa shape index (κ3) is 11.4. The van der Waals surface area contributed by atoms with Gasteiger partial charge in [-0.1, -0.05) is 49.9 Å². The van der Waals surface area contributed by atoms with E-state index in [1.54, 1.807) is 9.21 Å². The fourth-order valence-corrected chi connectivity index (χ4v) is 4.25. The lowest BCUT2D eigenvalue weighted by molar-refractivity contribution is -0.139. The van der Waals surface area contributed by atoms with Crippen molar-refractivity contribution < 1.29 is 22.4 Å². The summed E-state index contributed by atoms with van der Waals surface area (Å²) in [6.45, 7) is 6.21. The molecule has 3 aromatic carbocycles. The van der Waals surface area contributed by atoms with Crippen LogP contribution in [0.3, 0.4) is 0 Å². The number of hydrogen-bond donors (Lipinski definition) is 2. The molecule has 1 fully saturated rings. The van der Waals surface area contributed by atoms with Gasteiger partial charge in [-0.05, 0) is 86.6 Å². The minimum Gasteiger partial charge on any atom is -0.388 e. The van der Waals surface area contributed by atoms with E-state index in [-0.39, 0.29) is 5.69 Å². The van der Waals surface area contributed by atoms with Crippen LogP contribution in [0.4, 0.5) is 28.9 Å². The lowest BCUT2D eigenvalue weighted by Crippen LogP contribution is -2.33. The van der Waals surface area contributed by atoms with E-state index in [2.05, 4.69) is 35.9 Å². The van der Waals surface area contributed by atoms with Crippen LogP contribution in [0.15, 0.2) is 66.7 Å². The average Bonchev–Trinajstić information content (AvgIpc) is 3.38. The Morgan fingerprint density at radius 2 is 1.76 bits per heavy atom. The van der Waals surface area contributed by atoms with Crippen LogP contribution in [-0.2, 0) is 11.0 Å². The van der Waals surface area contributed by atoms with Gasteiger partial charge in [-0.25, -0.2) is 4.39 Å². The van der Waals surface area contributed by atoms with Crippen molar-refractivity contribution in [1.29, 1.82) is 0 Å². The number of rotatable bonds is 7. The van der Waals surface area contributed by atoms with Gasteiger partial charge in [-0.3, -0.25) is 9.10 Å². The SMILES string of the molecule is C#Cc1cccc(-c2ccc(N(C=O)CCN3CCC(C)C3)cc2)c1.CN(C)S.CNc1ccc(F)c(C(F)(F)F)c1. The number of terminal acetylenes is 1. The van der Waals surface area contributed by atoms with E-state index in [0.717, 1.165) is 73.0 Å². The molecular weight excluding hydrogens is 564 g/mol. The second-order valence-corrected chi connectivity index (χ2v) is 10.9. The van der Waals surface area contributed by atoms with E-state index in [4.69, 9.17) is 6.42 Å². The first kappa shape index (κ1) is 34.7. The van der Waals surface area contributed by atoms with E-state index in [1.807, 2.05) is 62.6 Å². The summed E-state index contributed by atoms with van der Waals surface area (Å²) < 4.78 is 50.6. The number of nitrogens with zero attached hydrogens (tertiary/aromatic N) is 3. The lowest BCUT2D eigenvalue weighted by atomic mass is 10.0. The zero-order chi connectivity index (χ0) is 31.3. The molecule has 0 aromatic heterocycles. The van der Waals surface area contributed by atoms with Crippen molar-refractivity contribution in [2.24, 2.45) is 5.92 Å². The Balaban J connectivity index is 0.000000303. The number of likely N-dealkylation sites (tertiary alicyclic amines) is 1. The highest BCUT2D eigenvalue weighted by molar-refractivity contribution is 7.77. The first-order chi connectivity index (χ1) is 19.9. The zero-order valence-corrected chi connectivity index (χ0v) is 25.2. The fraction of sp³-hybridized carbons (Fsp3) is 0.344. The number of halogens is 4. The van der Waals surface area contributed by atoms with Gasteiger partial charge in [0.1, 0.15) is 5.82 Å². The quantitative estimate of drug-likeness (QED) is 0.133. The number of carbonyl (C=O) groups excluding carboxylic acids is 1. The summed E-state index contributed by atoms with van der Waals surface area (Å²) in [6.07, 6.45) is 3.01. The van der Waals surface area contributed by atoms with Gasteiger partial charge in [0.25, 0.3) is 0 Å². The maximum atomic E-state index is 12.7. The van der Waals surface area contributed by atoms with E-state index in [1.165, 1.54) is 19.5 Å². The maximum Gasteiger partial charge on any atom is 0.419 e. The molecule has 1 amide bonds. The summed E-state index contributed by atoms with van der Waals surface area (Å²) >= 11 is 3.80. The van der Waals surface area contributed by atoms with Crippen LogP contribution >= 0.6 is 12.8 Å². The Bertz CT molecular complexity index is 1310. The van der Waals surface area contributed by atoms with Gasteiger partial charge in [0.05, 0.1) is 5.56 Å². The van der Waals surface area contributed by atoms with Gasteiger partial charge < -0.3 is 15.1 Å². The first-order valence-corrected chi connectivity index (χ1v) is 13.8. The molecule has 3 aromatic rings. The number of carbonyl (C=O) groups is 1. The lowest BCUT2D eigenvalue weighted by Gasteiger charge is -2.22. The highest BCUT2D eigenvalue weighted by Crippen LogP contribution is 2.32. The van der Waals surface area contributed by atoms with Crippen molar-refractivity contribution in [2.75, 3.05) is 57.5 Å². The monoisotopic (exact) mass is 602 g/mol. The largest absolute Gasteiger partial charge is 0.419 e. The topological polar surface area (TPSA) is 38.8 Å². The van der Waals surface area contributed by atoms with Gasteiger partial charge >= 0.3 is 6.18 Å². The van der Waals surface area contributed by atoms with Gasteiger partial charge in [-0.15, -0.1) is 6.42 Å². The second-order valence-electron chi connectivity index (χ2n) is 10.1. The molecule has 226 valence electrons. The predicted octanol–water partition coefficient (Wildman–Crippen LogP) is 6.92. The van der Waals surface area contributed by atoms with Crippen molar-refractivity contribution in [2.45, 2.75) is 19.5 Å². The van der Waals surface area contributed by atoms with Crippen LogP contribution in [0.1, 0.15) is 24.5 Å². The van der Waals surface area contributed by atoms with Crippen LogP contribution in [0.2, 0.25) is 0 Å². The minimum atomic E-state index is -4.64. The minimum absolute atomic E-state index is 0.230. The molecule has 0 spiro atoms. The molecule has 42 heavy (non-hydrogen) atoms. The van der Waals surface area contributed by atoms with E-state index < -0.39 is 17.6 Å². The fourth-order valence-electron chi connectivity index (χ4n) is 4.25. The Morgan fingerprint density at radius 1 is 1.10 bits per heavy atom. The molecule has 5 nitrogen and oxygen atoms in total. The number of alkyl halides is 3. The Hall–Kier alpha value is -3.52. The highest BCUT2D eigenvalue weighted by Gasteiger charge is 2.34. The normalized spacial score (nSPS) is 14.6. The smallest absolute Gasteiger partial charge is 0.388 e. The molecule has 10 heteroatoms. The number of thiol groups is 1. The predicted molar refractivity (Wildman–Crippen MR) is 167 cm³/mol. The third-order valence-corrected chi connectivity index (χ3v) is 6.41. The van der Waals surface area contributed by atoms with Crippen LogP contribution < -0.4 is 10.2 Å². The molecule has 1 aliphatic heterocycles. The summed E-state index contributed by atoms with van der Waals surface area (Å²) in [7, 11) is 5.19. The van der Waals surface area contributed by atoms with Gasteiger partial charge in [0.2, 0.25) is 6.41 Å². The number of anilines is 2. The number of nitrogens with one attached hydrogen (secondary N) is 1. The molecule has 0 aliphatic carbocycles. The maximum absolute atomic E-state index is 12.7. The molecule has 1 N–H and O–H groups in total. The summed E-state index contributed by atoms with van der Waals surface area (Å²) in [6, 6.07) is 18.8. The van der Waals surface area contributed by atoms with Crippen molar-refractivity contribution in [1.82, 2.24) is 9.21 Å². The van der Waals surface area contributed by atoms with Crippen LogP contribution in [0.5, 0.6) is 0 Å². The van der Waals surface area contributed by atoms with Crippen molar-refractivity contribution in [3.05, 3.63) is 83.7 Å². The Morgan fingerprint density at radius 3 is 2.29 bits per heavy atom. The van der Waals surface area contributed by atoms with Crippen LogP contribution in [0.25, 0.3) is 11.1 Å². The van der Waals surface area contributed by atoms with Crippen LogP contribution in [0, 0.1) is 24.1 Å². The molecule has 1 atom stereocenters. The molecule has 1 heterocycles. The van der Waals surface area contributed by atoms with E-state index in [0.29, 0.717) is 0 Å². The van der Waals surface area contributed by atoms with E-state index in [9.17, 15) is 22.4 Å². The molecule has 1 saturated heterocycles. The van der Waals surface area contributed by atoms with Crippen molar-refractivity contribution in [3.63, 3.8) is 0 Å². The molecular formula is C32H38F4N4OS. The number of benzene rings is 3. The Kier molecular flexibility index (Phi) is 13.9. The molecule has 0 saturated carbocycles. The third-order valence-electron chi connectivity index (χ3n) is 6.41. The van der Waals surface area contributed by atoms with Gasteiger partial charge in [0.15, 0.2) is 0 Å². The average molecular weight is 603 g/mol. The molecule has 4 rings (SSSR count). The summed E-state index contributed by atoms with van der Waals surface area (Å²) in [5.74, 6) is 2.17. The molecule has 1 unspecified atom stereocenters. The van der Waals surface area contributed by atoms with Gasteiger partial charge in [0, 0.05) is 43.6 Å². The first-order valence-electron chi connectivity index (χ1n) is 13.4. The molecule has 0 bridgehead atoms. The Labute approximate surface area is 252 Å². The summed E-state index contributed by atoms with van der Waals surface area (Å²) in [5.41, 5.74) is 2.97. The summed E-state index contributed by atoms with van der Waals surface area (Å²) in [5, 5.41) is 2.50. The van der Waals surface area contributed by atoms with Crippen LogP contribution in [-0.4, -0.2) is 62.9 Å². The second kappa shape index (κ2) is 16.8. The zero-order valence-electron chi connectivity index (χ0n) is 24.3. The standard InChI is InChI=1S/C22H24N2O.C8H7F4N.C2H7NS/c1-3-19-5-4-6-21(15-19)20-7-9-22(10-8-20)24(17-25)14-13-23-12-11-18(2)16-23;1-13-5-2-3-7(9)6(4-5)8(10,11)12;1-3(2)4/h1,4-10,15,17-18H,11-14,16H2,2H3;2-4,13H,1H3;4H,1-2H3. The number of amides is 1. The van der Waals surface area contributed by atoms with Crippen molar-refractivity contribution in [3.8, 4) is 23.5 Å². The molecule has 1 aliphatic rings. The summed E-state index contributed by atoms with van der Waals surface area (Å²) in [4.78, 5) is 15.7. The molecule has 0 radical (unpaired) electrons. The highest BCUT2D eigenvalue weighted by atomic mass is 32.1.